The highest BCUT2D eigenvalue weighted by atomic mass is 32.2. The number of anilines is 3. The SMILES string of the molecule is CCCCCC(=O)NS(=O)(=O)c1ccccc1NC(=O)c1ccc(NCCC)c(NC(=O)c2cc(C(F)(F)F)cc(C(F)(F)F)c2)c1. The van der Waals surface area contributed by atoms with Gasteiger partial charge in [-0.05, 0) is 61.4 Å². The highest BCUT2D eigenvalue weighted by Crippen LogP contribution is 2.37. The quantitative estimate of drug-likeness (QED) is 0.109. The van der Waals surface area contributed by atoms with Gasteiger partial charge in [0.05, 0.1) is 28.2 Å². The largest absolute Gasteiger partial charge is 0.416 e. The maximum Gasteiger partial charge on any atom is 0.416 e. The molecule has 0 unspecified atom stereocenters. The minimum atomic E-state index is -5.18. The van der Waals surface area contributed by atoms with Gasteiger partial charge >= 0.3 is 12.4 Å². The van der Waals surface area contributed by atoms with Crippen LogP contribution in [0.5, 0.6) is 0 Å². The third-order valence-corrected chi connectivity index (χ3v) is 8.06. The van der Waals surface area contributed by atoms with Crippen molar-refractivity contribution in [1.29, 1.82) is 0 Å². The van der Waals surface area contributed by atoms with E-state index in [4.69, 9.17) is 0 Å². The second kappa shape index (κ2) is 15.3. The number of benzene rings is 3. The van der Waals surface area contributed by atoms with Crippen LogP contribution in [0, 0.1) is 0 Å². The molecule has 0 radical (unpaired) electrons. The van der Waals surface area contributed by atoms with Crippen molar-refractivity contribution in [3.63, 3.8) is 0 Å². The Kier molecular flexibility index (Phi) is 12.0. The molecule has 3 rings (SSSR count). The van der Waals surface area contributed by atoms with Gasteiger partial charge < -0.3 is 16.0 Å². The normalized spacial score (nSPS) is 11.9. The number of amides is 3. The number of halogens is 6. The number of hydrogen-bond donors (Lipinski definition) is 4. The average Bonchev–Trinajstić information content (AvgIpc) is 2.99. The van der Waals surface area contributed by atoms with E-state index < -0.39 is 61.7 Å². The van der Waals surface area contributed by atoms with Crippen LogP contribution in [0.2, 0.25) is 0 Å². The van der Waals surface area contributed by atoms with Crippen molar-refractivity contribution < 1.29 is 49.1 Å². The van der Waals surface area contributed by atoms with Crippen molar-refractivity contribution in [3.8, 4) is 0 Å². The maximum absolute atomic E-state index is 13.4. The standard InChI is InChI=1S/C31H32F6N4O5S/c1-3-5-6-11-27(42)41-47(45,46)26-10-8-7-9-24(26)39-28(43)19-12-13-23(38-14-4-2)25(17-19)40-29(44)20-15-21(30(32,33)34)18-22(16-20)31(35,36)37/h7-10,12-13,15-18,38H,3-6,11,14H2,1-2H3,(H,39,43)(H,40,44)(H,41,42). The number of sulfonamides is 1. The molecule has 0 aliphatic carbocycles. The van der Waals surface area contributed by atoms with E-state index in [1.807, 2.05) is 18.6 Å². The van der Waals surface area contributed by atoms with Crippen molar-refractivity contribution in [1.82, 2.24) is 4.72 Å². The van der Waals surface area contributed by atoms with Crippen LogP contribution < -0.4 is 20.7 Å². The van der Waals surface area contributed by atoms with Crippen molar-refractivity contribution in [2.45, 2.75) is 63.2 Å². The number of carbonyl (C=O) groups excluding carboxylic acids is 3. The van der Waals surface area contributed by atoms with Crippen LogP contribution in [0.4, 0.5) is 43.4 Å². The lowest BCUT2D eigenvalue weighted by Crippen LogP contribution is -2.31. The van der Waals surface area contributed by atoms with E-state index >= 15 is 0 Å². The highest BCUT2D eigenvalue weighted by molar-refractivity contribution is 7.90. The Bertz CT molecular complexity index is 1690. The lowest BCUT2D eigenvalue weighted by molar-refractivity contribution is -0.143. The number of unbranched alkanes of at least 4 members (excludes halogenated alkanes) is 2. The smallest absolute Gasteiger partial charge is 0.383 e. The fraction of sp³-hybridized carbons (Fsp3) is 0.323. The summed E-state index contributed by atoms with van der Waals surface area (Å²) >= 11 is 0. The van der Waals surface area contributed by atoms with Gasteiger partial charge in [-0.3, -0.25) is 14.4 Å². The zero-order chi connectivity index (χ0) is 35.0. The molecule has 47 heavy (non-hydrogen) atoms. The first-order valence-electron chi connectivity index (χ1n) is 14.4. The summed E-state index contributed by atoms with van der Waals surface area (Å²) in [6.45, 7) is 4.09. The van der Waals surface area contributed by atoms with Gasteiger partial charge in [-0.2, -0.15) is 26.3 Å². The Labute approximate surface area is 267 Å². The van der Waals surface area contributed by atoms with Gasteiger partial charge in [-0.1, -0.05) is 38.8 Å². The van der Waals surface area contributed by atoms with Crippen molar-refractivity contribution >= 4 is 44.8 Å². The Balaban J connectivity index is 1.94. The molecule has 0 saturated carbocycles. The number of alkyl halides is 6. The molecule has 4 N–H and O–H groups in total. The first kappa shape index (κ1) is 36.9. The van der Waals surface area contributed by atoms with Crippen LogP contribution in [-0.4, -0.2) is 32.7 Å². The molecule has 0 heterocycles. The number of para-hydroxylation sites is 1. The summed E-state index contributed by atoms with van der Waals surface area (Å²) in [7, 11) is -4.40. The minimum absolute atomic E-state index is 0.0213. The van der Waals surface area contributed by atoms with Crippen LogP contribution in [0.25, 0.3) is 0 Å². The van der Waals surface area contributed by atoms with Gasteiger partial charge in [0.25, 0.3) is 21.8 Å². The number of rotatable bonds is 13. The maximum atomic E-state index is 13.4. The fourth-order valence-electron chi connectivity index (χ4n) is 4.27. The third-order valence-electron chi connectivity index (χ3n) is 6.63. The Morgan fingerprint density at radius 1 is 0.681 bits per heavy atom. The summed E-state index contributed by atoms with van der Waals surface area (Å²) in [5.41, 5.74) is -4.58. The van der Waals surface area contributed by atoms with Crippen LogP contribution in [0.3, 0.4) is 0 Å². The summed E-state index contributed by atoms with van der Waals surface area (Å²) < 4.78 is 108. The predicted octanol–water partition coefficient (Wildman–Crippen LogP) is 7.44. The summed E-state index contributed by atoms with van der Waals surface area (Å²) in [6.07, 6.45) is -7.75. The van der Waals surface area contributed by atoms with E-state index in [0.29, 0.717) is 19.4 Å². The summed E-state index contributed by atoms with van der Waals surface area (Å²) in [6, 6.07) is 9.50. The topological polar surface area (TPSA) is 133 Å². The molecular weight excluding hydrogens is 654 g/mol. The molecule has 16 heteroatoms. The molecule has 0 atom stereocenters. The molecule has 3 amide bonds. The van der Waals surface area contributed by atoms with E-state index in [2.05, 4.69) is 16.0 Å². The summed E-state index contributed by atoms with van der Waals surface area (Å²) in [5.74, 6) is -2.92. The zero-order valence-corrected chi connectivity index (χ0v) is 26.0. The minimum Gasteiger partial charge on any atom is -0.383 e. The van der Waals surface area contributed by atoms with Crippen LogP contribution in [0.15, 0.2) is 65.6 Å². The Morgan fingerprint density at radius 2 is 1.28 bits per heavy atom. The summed E-state index contributed by atoms with van der Waals surface area (Å²) in [5, 5.41) is 7.65. The average molecular weight is 687 g/mol. The molecule has 3 aromatic rings. The highest BCUT2D eigenvalue weighted by Gasteiger charge is 2.37. The second-order valence-corrected chi connectivity index (χ2v) is 12.0. The predicted molar refractivity (Wildman–Crippen MR) is 163 cm³/mol. The number of nitrogens with one attached hydrogen (secondary N) is 4. The molecule has 0 saturated heterocycles. The molecule has 0 bridgehead atoms. The van der Waals surface area contributed by atoms with E-state index in [9.17, 15) is 49.1 Å². The number of hydrogen-bond acceptors (Lipinski definition) is 6. The van der Waals surface area contributed by atoms with Gasteiger partial charge in [0.2, 0.25) is 5.91 Å². The van der Waals surface area contributed by atoms with E-state index in [1.54, 1.807) is 0 Å². The zero-order valence-electron chi connectivity index (χ0n) is 25.2. The van der Waals surface area contributed by atoms with Crippen molar-refractivity contribution in [2.75, 3.05) is 22.5 Å². The van der Waals surface area contributed by atoms with Gasteiger partial charge in [0, 0.05) is 24.1 Å². The number of carbonyl (C=O) groups is 3. The monoisotopic (exact) mass is 686 g/mol. The van der Waals surface area contributed by atoms with Gasteiger partial charge in [0.15, 0.2) is 0 Å². The van der Waals surface area contributed by atoms with Crippen molar-refractivity contribution in [3.05, 3.63) is 82.9 Å². The van der Waals surface area contributed by atoms with E-state index in [1.165, 1.54) is 36.4 Å². The first-order valence-corrected chi connectivity index (χ1v) is 15.9. The molecule has 0 aliphatic rings. The van der Waals surface area contributed by atoms with E-state index in [-0.39, 0.29) is 47.2 Å². The molecule has 0 aromatic heterocycles. The van der Waals surface area contributed by atoms with Gasteiger partial charge in [0.1, 0.15) is 4.90 Å². The van der Waals surface area contributed by atoms with Gasteiger partial charge in [-0.25, -0.2) is 13.1 Å². The van der Waals surface area contributed by atoms with Crippen LogP contribution >= 0.6 is 0 Å². The molecule has 0 aliphatic heterocycles. The van der Waals surface area contributed by atoms with Crippen LogP contribution in [-0.2, 0) is 27.2 Å². The molecule has 9 nitrogen and oxygen atoms in total. The Morgan fingerprint density at radius 3 is 1.87 bits per heavy atom. The van der Waals surface area contributed by atoms with E-state index in [0.717, 1.165) is 18.9 Å². The molecule has 254 valence electrons. The molecule has 0 spiro atoms. The molecular formula is C31H32F6N4O5S. The lowest BCUT2D eigenvalue weighted by Gasteiger charge is -2.17. The van der Waals surface area contributed by atoms with Crippen molar-refractivity contribution in [2.24, 2.45) is 0 Å². The first-order chi connectivity index (χ1) is 22.0. The molecule has 3 aromatic carbocycles. The van der Waals surface area contributed by atoms with Crippen LogP contribution in [0.1, 0.15) is 77.8 Å². The lowest BCUT2D eigenvalue weighted by atomic mass is 10.0. The Hall–Kier alpha value is -4.60. The van der Waals surface area contributed by atoms with Gasteiger partial charge in [-0.15, -0.1) is 0 Å². The third kappa shape index (κ3) is 10.2. The summed E-state index contributed by atoms with van der Waals surface area (Å²) in [4.78, 5) is 38.1. The second-order valence-electron chi connectivity index (χ2n) is 10.4. The molecule has 0 fully saturated rings. The fourth-order valence-corrected chi connectivity index (χ4v) is 5.45.